The highest BCUT2D eigenvalue weighted by Crippen LogP contribution is 2.54. The van der Waals surface area contributed by atoms with E-state index in [9.17, 15) is 14.4 Å². The topological polar surface area (TPSA) is 104 Å². The molecule has 0 bridgehead atoms. The van der Waals surface area contributed by atoms with Crippen molar-refractivity contribution in [2.75, 3.05) is 6.61 Å². The van der Waals surface area contributed by atoms with E-state index in [-0.39, 0.29) is 30.0 Å². The Labute approximate surface area is 169 Å². The molecule has 0 N–H and O–H groups in total. The molecule has 0 spiro atoms. The summed E-state index contributed by atoms with van der Waals surface area (Å²) in [6.45, 7) is 10.2. The summed E-state index contributed by atoms with van der Waals surface area (Å²) in [4.78, 5) is 36.3. The Morgan fingerprint density at radius 2 is 1.93 bits per heavy atom. The van der Waals surface area contributed by atoms with Crippen LogP contribution in [0.25, 0.3) is 0 Å². The van der Waals surface area contributed by atoms with E-state index in [0.29, 0.717) is 12.0 Å². The van der Waals surface area contributed by atoms with Crippen LogP contribution in [0.15, 0.2) is 23.3 Å². The molecule has 0 unspecified atom stereocenters. The highest BCUT2D eigenvalue weighted by Gasteiger charge is 2.65. The van der Waals surface area contributed by atoms with Crippen molar-refractivity contribution >= 4 is 17.9 Å². The van der Waals surface area contributed by atoms with E-state index in [2.05, 4.69) is 6.58 Å². The number of ether oxygens (including phenoxy) is 5. The molecule has 3 aliphatic heterocycles. The third-order valence-electron chi connectivity index (χ3n) is 6.24. The third-order valence-corrected chi connectivity index (χ3v) is 6.24. The Balaban J connectivity index is 1.75. The first-order valence-electron chi connectivity index (χ1n) is 9.83. The molecule has 1 saturated carbocycles. The minimum Gasteiger partial charge on any atom is -0.461 e. The van der Waals surface area contributed by atoms with E-state index in [1.54, 1.807) is 6.92 Å². The number of carbonyl (C=O) groups is 3. The van der Waals surface area contributed by atoms with E-state index in [4.69, 9.17) is 23.7 Å². The van der Waals surface area contributed by atoms with Gasteiger partial charge in [0.25, 0.3) is 0 Å². The second-order valence-electron chi connectivity index (χ2n) is 8.73. The Morgan fingerprint density at radius 3 is 2.59 bits per heavy atom. The van der Waals surface area contributed by atoms with E-state index < -0.39 is 41.3 Å². The summed E-state index contributed by atoms with van der Waals surface area (Å²) >= 11 is 0. The second kappa shape index (κ2) is 6.67. The van der Waals surface area contributed by atoms with E-state index in [1.165, 1.54) is 6.92 Å². The molecule has 0 aromatic carbocycles. The summed E-state index contributed by atoms with van der Waals surface area (Å²) < 4.78 is 28.3. The molecule has 0 amide bonds. The fraction of sp³-hybridized carbons (Fsp3) is 0.667. The van der Waals surface area contributed by atoms with Crippen LogP contribution in [0.2, 0.25) is 0 Å². The molecule has 8 heteroatoms. The molecule has 0 aromatic rings. The maximum atomic E-state index is 12.6. The number of rotatable bonds is 4. The first-order chi connectivity index (χ1) is 13.5. The first kappa shape index (κ1) is 20.1. The lowest BCUT2D eigenvalue weighted by Gasteiger charge is -2.26. The minimum absolute atomic E-state index is 0.0299. The lowest BCUT2D eigenvalue weighted by molar-refractivity contribution is -0.144. The zero-order valence-electron chi connectivity index (χ0n) is 17.1. The van der Waals surface area contributed by atoms with Gasteiger partial charge in [0, 0.05) is 24.5 Å². The molecule has 8 nitrogen and oxygen atoms in total. The highest BCUT2D eigenvalue weighted by atomic mass is 16.7. The van der Waals surface area contributed by atoms with Gasteiger partial charge in [0.2, 0.25) is 0 Å². The zero-order chi connectivity index (χ0) is 21.1. The average Bonchev–Trinajstić information content (AvgIpc) is 3.44. The van der Waals surface area contributed by atoms with Crippen LogP contribution in [0.5, 0.6) is 0 Å². The Kier molecular flexibility index (Phi) is 4.62. The van der Waals surface area contributed by atoms with Gasteiger partial charge >= 0.3 is 17.9 Å². The van der Waals surface area contributed by atoms with E-state index in [1.807, 2.05) is 13.8 Å². The molecule has 6 atom stereocenters. The Bertz CT molecular complexity index is 829. The molecule has 158 valence electrons. The van der Waals surface area contributed by atoms with E-state index in [0.717, 1.165) is 12.8 Å². The highest BCUT2D eigenvalue weighted by molar-refractivity contribution is 5.94. The van der Waals surface area contributed by atoms with Crippen LogP contribution in [-0.2, 0) is 38.1 Å². The number of fused-ring (bicyclic) bond motifs is 4. The van der Waals surface area contributed by atoms with Crippen molar-refractivity contribution < 1.29 is 38.1 Å². The summed E-state index contributed by atoms with van der Waals surface area (Å²) in [6.07, 6.45) is 0.168. The average molecular weight is 406 g/mol. The second-order valence-corrected chi connectivity index (χ2v) is 8.73. The van der Waals surface area contributed by atoms with Crippen molar-refractivity contribution in [2.45, 2.75) is 82.6 Å². The summed E-state index contributed by atoms with van der Waals surface area (Å²) in [6, 6.07) is 0. The van der Waals surface area contributed by atoms with Crippen LogP contribution >= 0.6 is 0 Å². The van der Waals surface area contributed by atoms with Crippen LogP contribution in [0.1, 0.15) is 47.0 Å². The normalized spacial score (nSPS) is 40.1. The van der Waals surface area contributed by atoms with Gasteiger partial charge in [-0.15, -0.1) is 0 Å². The van der Waals surface area contributed by atoms with Gasteiger partial charge in [-0.1, -0.05) is 6.58 Å². The van der Waals surface area contributed by atoms with Crippen LogP contribution in [-0.4, -0.2) is 60.1 Å². The van der Waals surface area contributed by atoms with Crippen LogP contribution in [0.4, 0.5) is 0 Å². The van der Waals surface area contributed by atoms with Gasteiger partial charge in [-0.2, -0.15) is 0 Å². The molecule has 3 heterocycles. The van der Waals surface area contributed by atoms with Gasteiger partial charge in [0.15, 0.2) is 6.10 Å². The maximum Gasteiger partial charge on any atom is 0.338 e. The maximum absolute atomic E-state index is 12.6. The smallest absolute Gasteiger partial charge is 0.338 e. The molecule has 3 fully saturated rings. The fourth-order valence-corrected chi connectivity index (χ4v) is 4.36. The molecule has 1 aliphatic carbocycles. The summed E-state index contributed by atoms with van der Waals surface area (Å²) in [5.74, 6) is -1.67. The van der Waals surface area contributed by atoms with E-state index >= 15 is 0 Å². The van der Waals surface area contributed by atoms with Gasteiger partial charge in [-0.3, -0.25) is 4.79 Å². The van der Waals surface area contributed by atoms with Gasteiger partial charge in [0.1, 0.15) is 18.8 Å². The fourth-order valence-electron chi connectivity index (χ4n) is 4.36. The summed E-state index contributed by atoms with van der Waals surface area (Å²) in [5.41, 5.74) is 0.0199. The molecular formula is C21H26O8. The number of carbonyl (C=O) groups excluding carboxylic acids is 3. The van der Waals surface area contributed by atoms with Crippen molar-refractivity contribution in [3.8, 4) is 0 Å². The van der Waals surface area contributed by atoms with Crippen molar-refractivity contribution in [2.24, 2.45) is 0 Å². The third kappa shape index (κ3) is 3.59. The number of hydrogen-bond acceptors (Lipinski definition) is 8. The zero-order valence-corrected chi connectivity index (χ0v) is 17.1. The van der Waals surface area contributed by atoms with Gasteiger partial charge in [0.05, 0.1) is 22.9 Å². The molecule has 0 aromatic heterocycles. The number of epoxide rings is 2. The molecule has 29 heavy (non-hydrogen) atoms. The SMILES string of the molecule is C=C(C)C(=O)O[C@@H]1C[C@@]2(C)O[C@H]2CC[C@]2(C)O[C@@H]2[C@@H]2OC(=O)C(COC(C)=O)=C21. The van der Waals surface area contributed by atoms with Crippen LogP contribution in [0.3, 0.4) is 0 Å². The van der Waals surface area contributed by atoms with Crippen molar-refractivity contribution in [1.82, 2.24) is 0 Å². The first-order valence-corrected chi connectivity index (χ1v) is 9.83. The minimum atomic E-state index is -0.775. The number of hydrogen-bond donors (Lipinski definition) is 0. The number of esters is 3. The molecular weight excluding hydrogens is 380 g/mol. The molecule has 0 radical (unpaired) electrons. The van der Waals surface area contributed by atoms with Crippen LogP contribution < -0.4 is 0 Å². The summed E-state index contributed by atoms with van der Waals surface area (Å²) in [7, 11) is 0. The molecule has 4 aliphatic rings. The largest absolute Gasteiger partial charge is 0.461 e. The Hall–Kier alpha value is -2.19. The summed E-state index contributed by atoms with van der Waals surface area (Å²) in [5, 5.41) is 0. The van der Waals surface area contributed by atoms with Gasteiger partial charge in [-0.05, 0) is 33.6 Å². The predicted octanol–water partition coefficient (Wildman–Crippen LogP) is 1.76. The monoisotopic (exact) mass is 406 g/mol. The van der Waals surface area contributed by atoms with Crippen molar-refractivity contribution in [1.29, 1.82) is 0 Å². The Morgan fingerprint density at radius 1 is 1.21 bits per heavy atom. The van der Waals surface area contributed by atoms with Crippen molar-refractivity contribution in [3.63, 3.8) is 0 Å². The van der Waals surface area contributed by atoms with Crippen molar-refractivity contribution in [3.05, 3.63) is 23.3 Å². The van der Waals surface area contributed by atoms with Crippen LogP contribution in [0, 0.1) is 0 Å². The predicted molar refractivity (Wildman–Crippen MR) is 98.6 cm³/mol. The molecule has 2 saturated heterocycles. The van der Waals surface area contributed by atoms with Gasteiger partial charge < -0.3 is 23.7 Å². The van der Waals surface area contributed by atoms with Gasteiger partial charge in [-0.25, -0.2) is 9.59 Å². The quantitative estimate of drug-likeness (QED) is 0.301. The standard InChI is InChI=1S/C21H26O8/c1-10(2)18(23)26-13-8-21(5)14(28-21)6-7-20(4)17(29-20)16-15(13)12(19(24)27-16)9-25-11(3)22/h13-14,16-17H,1,6-9H2,2-5H3/t13-,14+,16-,17-,20+,21-/m1/s1. The lowest BCUT2D eigenvalue weighted by Crippen LogP contribution is -2.36. The lowest BCUT2D eigenvalue weighted by atomic mass is 9.83. The molecule has 4 rings (SSSR count).